The van der Waals surface area contributed by atoms with Gasteiger partial charge in [0.1, 0.15) is 0 Å². The number of aromatic nitrogens is 1. The van der Waals surface area contributed by atoms with Crippen molar-refractivity contribution in [2.75, 3.05) is 0 Å². The van der Waals surface area contributed by atoms with Gasteiger partial charge in [-0.15, -0.1) is 0 Å². The van der Waals surface area contributed by atoms with Gasteiger partial charge in [-0.1, -0.05) is 22.9 Å². The molecule has 1 rings (SSSR count). The lowest BCUT2D eigenvalue weighted by Gasteiger charge is -2.03. The van der Waals surface area contributed by atoms with Crippen LogP contribution in [-0.2, 0) is 6.42 Å². The maximum Gasteiger partial charge on any atom is 0.0410 e. The number of halogens is 2. The Bertz CT molecular complexity index is 261. The second-order valence-electron chi connectivity index (χ2n) is 3.18. The van der Waals surface area contributed by atoms with E-state index in [1.807, 2.05) is 12.4 Å². The van der Waals surface area contributed by atoms with Crippen molar-refractivity contribution in [2.24, 2.45) is 0 Å². The second-order valence-corrected chi connectivity index (χ2v) is 5.66. The molecule has 0 aromatic carbocycles. The Labute approximate surface area is 96.2 Å². The van der Waals surface area contributed by atoms with Gasteiger partial charge in [0.2, 0.25) is 0 Å². The van der Waals surface area contributed by atoms with Gasteiger partial charge in [-0.05, 0) is 46.8 Å². The zero-order valence-corrected chi connectivity index (χ0v) is 10.8. The number of pyridine rings is 1. The third kappa shape index (κ3) is 4.77. The number of alkyl halides is 1. The van der Waals surface area contributed by atoms with E-state index in [1.165, 1.54) is 18.4 Å². The average Bonchev–Trinajstić information content (AvgIpc) is 2.03. The van der Waals surface area contributed by atoms with Gasteiger partial charge in [-0.2, -0.15) is 0 Å². The molecule has 0 N–H and O–H groups in total. The lowest BCUT2D eigenvalue weighted by atomic mass is 10.1. The summed E-state index contributed by atoms with van der Waals surface area (Å²) in [6, 6.07) is 2.13. The fourth-order valence-electron chi connectivity index (χ4n) is 1.18. The second kappa shape index (κ2) is 5.76. The molecule has 0 aliphatic carbocycles. The Hall–Kier alpha value is 0.110. The van der Waals surface area contributed by atoms with Crippen LogP contribution in [0.15, 0.2) is 22.9 Å². The first-order valence-corrected chi connectivity index (χ1v) is 6.13. The van der Waals surface area contributed by atoms with E-state index >= 15 is 0 Å². The summed E-state index contributed by atoms with van der Waals surface area (Å²) in [5, 5.41) is 0. The van der Waals surface area contributed by atoms with Crippen LogP contribution in [0.2, 0.25) is 0 Å². The summed E-state index contributed by atoms with van der Waals surface area (Å²) in [7, 11) is 0. The molecule has 0 aliphatic rings. The summed E-state index contributed by atoms with van der Waals surface area (Å²) in [5.41, 5.74) is 1.31. The molecule has 0 spiro atoms. The molecule has 0 radical (unpaired) electrons. The molecule has 3 heteroatoms. The van der Waals surface area contributed by atoms with Gasteiger partial charge in [0.05, 0.1) is 0 Å². The minimum Gasteiger partial charge on any atom is -0.263 e. The monoisotopic (exact) mass is 305 g/mol. The Morgan fingerprint density at radius 3 is 2.85 bits per heavy atom. The van der Waals surface area contributed by atoms with E-state index in [-0.39, 0.29) is 0 Å². The quantitative estimate of drug-likeness (QED) is 0.768. The Balaban J connectivity index is 2.37. The maximum absolute atomic E-state index is 4.12. The van der Waals surface area contributed by atoms with E-state index in [4.69, 9.17) is 0 Å². The standard InChI is InChI=1S/C10H13Br2N/c1-8(11)3-2-4-9-5-10(12)7-13-6-9/h5-8H,2-4H2,1H3. The fraction of sp³-hybridized carbons (Fsp3) is 0.500. The summed E-state index contributed by atoms with van der Waals surface area (Å²) in [4.78, 5) is 4.74. The Kier molecular flexibility index (Phi) is 4.96. The van der Waals surface area contributed by atoms with Gasteiger partial charge >= 0.3 is 0 Å². The first-order valence-electron chi connectivity index (χ1n) is 4.42. The molecule has 1 aromatic heterocycles. The van der Waals surface area contributed by atoms with E-state index in [0.717, 1.165) is 10.9 Å². The highest BCUT2D eigenvalue weighted by atomic mass is 79.9. The zero-order valence-electron chi connectivity index (χ0n) is 7.63. The Morgan fingerprint density at radius 1 is 1.46 bits per heavy atom. The van der Waals surface area contributed by atoms with Crippen LogP contribution in [0.3, 0.4) is 0 Å². The molecule has 1 nitrogen and oxygen atoms in total. The van der Waals surface area contributed by atoms with Crippen molar-refractivity contribution >= 4 is 31.9 Å². The highest BCUT2D eigenvalue weighted by Crippen LogP contribution is 2.13. The van der Waals surface area contributed by atoms with Gasteiger partial charge in [-0.25, -0.2) is 0 Å². The minimum absolute atomic E-state index is 0.618. The third-order valence-corrected chi connectivity index (χ3v) is 2.72. The zero-order chi connectivity index (χ0) is 9.68. The molecule has 1 unspecified atom stereocenters. The van der Waals surface area contributed by atoms with E-state index in [1.54, 1.807) is 0 Å². The topological polar surface area (TPSA) is 12.9 Å². The van der Waals surface area contributed by atoms with Crippen LogP contribution in [-0.4, -0.2) is 9.81 Å². The maximum atomic E-state index is 4.12. The fourth-order valence-corrected chi connectivity index (χ4v) is 1.92. The number of hydrogen-bond donors (Lipinski definition) is 0. The summed E-state index contributed by atoms with van der Waals surface area (Å²) in [6.45, 7) is 2.18. The third-order valence-electron chi connectivity index (χ3n) is 1.83. The molecule has 1 aromatic rings. The molecule has 13 heavy (non-hydrogen) atoms. The predicted molar refractivity (Wildman–Crippen MR) is 63.3 cm³/mol. The van der Waals surface area contributed by atoms with Crippen molar-refractivity contribution in [3.63, 3.8) is 0 Å². The lowest BCUT2D eigenvalue weighted by Crippen LogP contribution is -1.93. The lowest BCUT2D eigenvalue weighted by molar-refractivity contribution is 0.734. The van der Waals surface area contributed by atoms with E-state index in [2.05, 4.69) is 49.8 Å². The molecule has 1 heterocycles. The molecule has 0 fully saturated rings. The Morgan fingerprint density at radius 2 is 2.23 bits per heavy atom. The molecule has 72 valence electrons. The molecule has 0 amide bonds. The number of aryl methyl sites for hydroxylation is 1. The summed E-state index contributed by atoms with van der Waals surface area (Å²) >= 11 is 6.95. The van der Waals surface area contributed by atoms with Crippen molar-refractivity contribution in [1.82, 2.24) is 4.98 Å². The van der Waals surface area contributed by atoms with Crippen LogP contribution in [0, 0.1) is 0 Å². The first kappa shape index (κ1) is 11.2. The number of nitrogens with zero attached hydrogens (tertiary/aromatic N) is 1. The van der Waals surface area contributed by atoms with Crippen LogP contribution in [0.1, 0.15) is 25.3 Å². The van der Waals surface area contributed by atoms with Gasteiger partial charge in [-0.3, -0.25) is 4.98 Å². The van der Waals surface area contributed by atoms with Crippen molar-refractivity contribution < 1.29 is 0 Å². The van der Waals surface area contributed by atoms with Crippen LogP contribution in [0.4, 0.5) is 0 Å². The normalized spacial score (nSPS) is 12.8. The molecular weight excluding hydrogens is 294 g/mol. The SMILES string of the molecule is CC(Br)CCCc1cncc(Br)c1. The van der Waals surface area contributed by atoms with Crippen molar-refractivity contribution in [3.8, 4) is 0 Å². The number of rotatable bonds is 4. The molecule has 0 bridgehead atoms. The van der Waals surface area contributed by atoms with Gasteiger partial charge in [0, 0.05) is 21.7 Å². The minimum atomic E-state index is 0.618. The number of hydrogen-bond acceptors (Lipinski definition) is 1. The van der Waals surface area contributed by atoms with Crippen molar-refractivity contribution in [1.29, 1.82) is 0 Å². The summed E-state index contributed by atoms with van der Waals surface area (Å²) in [6.07, 6.45) is 7.29. The largest absolute Gasteiger partial charge is 0.263 e. The van der Waals surface area contributed by atoms with Crippen LogP contribution >= 0.6 is 31.9 Å². The van der Waals surface area contributed by atoms with Gasteiger partial charge in [0.25, 0.3) is 0 Å². The van der Waals surface area contributed by atoms with Gasteiger partial charge < -0.3 is 0 Å². The summed E-state index contributed by atoms with van der Waals surface area (Å²) < 4.78 is 1.07. The highest BCUT2D eigenvalue weighted by Gasteiger charge is 1.98. The van der Waals surface area contributed by atoms with E-state index in [0.29, 0.717) is 4.83 Å². The van der Waals surface area contributed by atoms with Crippen LogP contribution < -0.4 is 0 Å². The van der Waals surface area contributed by atoms with Crippen molar-refractivity contribution in [2.45, 2.75) is 31.0 Å². The molecular formula is C10H13Br2N. The van der Waals surface area contributed by atoms with Crippen LogP contribution in [0.5, 0.6) is 0 Å². The van der Waals surface area contributed by atoms with Crippen LogP contribution in [0.25, 0.3) is 0 Å². The first-order chi connectivity index (χ1) is 6.18. The summed E-state index contributed by atoms with van der Waals surface area (Å²) in [5.74, 6) is 0. The van der Waals surface area contributed by atoms with E-state index < -0.39 is 0 Å². The molecule has 1 atom stereocenters. The highest BCUT2D eigenvalue weighted by molar-refractivity contribution is 9.10. The molecule has 0 saturated carbocycles. The molecule has 0 aliphatic heterocycles. The molecule has 0 saturated heterocycles. The smallest absolute Gasteiger partial charge is 0.0410 e. The van der Waals surface area contributed by atoms with Gasteiger partial charge in [0.15, 0.2) is 0 Å². The predicted octanol–water partition coefficient (Wildman–Crippen LogP) is 3.95. The van der Waals surface area contributed by atoms with E-state index in [9.17, 15) is 0 Å². The van der Waals surface area contributed by atoms with Crippen molar-refractivity contribution in [3.05, 3.63) is 28.5 Å². The average molecular weight is 307 g/mol.